The Kier molecular flexibility index (Phi) is 3.64. The van der Waals surface area contributed by atoms with E-state index in [1.54, 1.807) is 12.1 Å². The summed E-state index contributed by atoms with van der Waals surface area (Å²) >= 11 is 0. The molecule has 4 heteroatoms. The highest BCUT2D eigenvalue weighted by molar-refractivity contribution is 5.91. The molecule has 1 aliphatic rings. The van der Waals surface area contributed by atoms with Gasteiger partial charge >= 0.3 is 0 Å². The Morgan fingerprint density at radius 3 is 3.00 bits per heavy atom. The quantitative estimate of drug-likeness (QED) is 0.760. The largest absolute Gasteiger partial charge is 0.462 e. The van der Waals surface area contributed by atoms with E-state index in [0.717, 1.165) is 18.6 Å². The summed E-state index contributed by atoms with van der Waals surface area (Å²) in [5.74, 6) is 1.64. The Balaban J connectivity index is 1.74. The number of rotatable bonds is 5. The van der Waals surface area contributed by atoms with E-state index < -0.39 is 6.10 Å². The lowest BCUT2D eigenvalue weighted by Gasteiger charge is -2.08. The Labute approximate surface area is 100 Å². The summed E-state index contributed by atoms with van der Waals surface area (Å²) in [5.41, 5.74) is 0. The van der Waals surface area contributed by atoms with E-state index in [2.05, 4.69) is 5.32 Å². The molecular formula is C13H17NO3. The SMILES string of the molecule is Cc1ccc(/C=C/C(=O)NCC(O)C2CC2)o1. The van der Waals surface area contributed by atoms with Gasteiger partial charge in [-0.3, -0.25) is 4.79 Å². The van der Waals surface area contributed by atoms with E-state index in [1.807, 2.05) is 13.0 Å². The van der Waals surface area contributed by atoms with Crippen molar-refractivity contribution in [1.29, 1.82) is 0 Å². The lowest BCUT2D eigenvalue weighted by atomic mass is 10.2. The van der Waals surface area contributed by atoms with Crippen molar-refractivity contribution in [2.45, 2.75) is 25.9 Å². The molecule has 0 radical (unpaired) electrons. The smallest absolute Gasteiger partial charge is 0.244 e. The number of carbonyl (C=O) groups excluding carboxylic acids is 1. The minimum Gasteiger partial charge on any atom is -0.462 e. The van der Waals surface area contributed by atoms with Crippen molar-refractivity contribution in [1.82, 2.24) is 5.32 Å². The molecule has 1 aliphatic carbocycles. The average Bonchev–Trinajstić information content (AvgIpc) is 3.07. The van der Waals surface area contributed by atoms with Crippen LogP contribution in [0, 0.1) is 12.8 Å². The number of amides is 1. The molecule has 92 valence electrons. The van der Waals surface area contributed by atoms with Crippen LogP contribution in [0.15, 0.2) is 22.6 Å². The summed E-state index contributed by atoms with van der Waals surface area (Å²) in [6.07, 6.45) is 4.76. The normalized spacial score (nSPS) is 17.3. The third-order valence-corrected chi connectivity index (χ3v) is 2.81. The van der Waals surface area contributed by atoms with Crippen LogP contribution in [-0.4, -0.2) is 23.7 Å². The first-order chi connectivity index (χ1) is 8.15. The number of hydrogen-bond acceptors (Lipinski definition) is 3. The zero-order valence-electron chi connectivity index (χ0n) is 9.85. The summed E-state index contributed by atoms with van der Waals surface area (Å²) < 4.78 is 5.29. The molecule has 2 rings (SSSR count). The molecule has 0 saturated heterocycles. The molecular weight excluding hydrogens is 218 g/mol. The molecule has 4 nitrogen and oxygen atoms in total. The first kappa shape index (κ1) is 11.9. The fraction of sp³-hybridized carbons (Fsp3) is 0.462. The van der Waals surface area contributed by atoms with Gasteiger partial charge in [-0.2, -0.15) is 0 Å². The molecule has 0 spiro atoms. The highest BCUT2D eigenvalue weighted by atomic mass is 16.3. The minimum absolute atomic E-state index is 0.209. The molecule has 1 aromatic heterocycles. The molecule has 2 N–H and O–H groups in total. The maximum Gasteiger partial charge on any atom is 0.244 e. The predicted molar refractivity (Wildman–Crippen MR) is 64.2 cm³/mol. The molecule has 1 aromatic rings. The van der Waals surface area contributed by atoms with Gasteiger partial charge < -0.3 is 14.8 Å². The highest BCUT2D eigenvalue weighted by Crippen LogP contribution is 2.32. The molecule has 0 bridgehead atoms. The molecule has 1 unspecified atom stereocenters. The predicted octanol–water partition coefficient (Wildman–Crippen LogP) is 1.49. The maximum atomic E-state index is 11.4. The molecule has 1 saturated carbocycles. The lowest BCUT2D eigenvalue weighted by Crippen LogP contribution is -2.31. The molecule has 17 heavy (non-hydrogen) atoms. The Morgan fingerprint density at radius 2 is 2.41 bits per heavy atom. The van der Waals surface area contributed by atoms with Crippen LogP contribution in [0.1, 0.15) is 24.4 Å². The average molecular weight is 235 g/mol. The first-order valence-electron chi connectivity index (χ1n) is 5.85. The van der Waals surface area contributed by atoms with Crippen LogP contribution in [0.3, 0.4) is 0 Å². The van der Waals surface area contributed by atoms with Gasteiger partial charge in [-0.25, -0.2) is 0 Å². The van der Waals surface area contributed by atoms with Crippen molar-refractivity contribution < 1.29 is 14.3 Å². The van der Waals surface area contributed by atoms with Gasteiger partial charge in [0.25, 0.3) is 0 Å². The Bertz CT molecular complexity index is 418. The molecule has 1 amide bonds. The van der Waals surface area contributed by atoms with Gasteiger partial charge in [-0.15, -0.1) is 0 Å². The van der Waals surface area contributed by atoms with Crippen LogP contribution in [0.25, 0.3) is 6.08 Å². The second-order valence-corrected chi connectivity index (χ2v) is 4.43. The lowest BCUT2D eigenvalue weighted by molar-refractivity contribution is -0.116. The van der Waals surface area contributed by atoms with Crippen molar-refractivity contribution in [3.63, 3.8) is 0 Å². The van der Waals surface area contributed by atoms with E-state index in [1.165, 1.54) is 6.08 Å². The van der Waals surface area contributed by atoms with E-state index in [0.29, 0.717) is 18.2 Å². The van der Waals surface area contributed by atoms with E-state index in [-0.39, 0.29) is 5.91 Å². The van der Waals surface area contributed by atoms with Gasteiger partial charge in [0.2, 0.25) is 5.91 Å². The number of aryl methyl sites for hydroxylation is 1. The number of aliphatic hydroxyl groups excluding tert-OH is 1. The third kappa shape index (κ3) is 3.75. The summed E-state index contributed by atoms with van der Waals surface area (Å²) in [4.78, 5) is 11.4. The van der Waals surface area contributed by atoms with E-state index in [9.17, 15) is 9.90 Å². The van der Waals surface area contributed by atoms with E-state index >= 15 is 0 Å². The topological polar surface area (TPSA) is 62.5 Å². The van der Waals surface area contributed by atoms with Gasteiger partial charge in [0.05, 0.1) is 6.10 Å². The molecule has 1 fully saturated rings. The molecule has 0 aliphatic heterocycles. The zero-order chi connectivity index (χ0) is 12.3. The monoisotopic (exact) mass is 235 g/mol. The maximum absolute atomic E-state index is 11.4. The van der Waals surface area contributed by atoms with Crippen LogP contribution in [0.4, 0.5) is 0 Å². The first-order valence-corrected chi connectivity index (χ1v) is 5.85. The van der Waals surface area contributed by atoms with Crippen LogP contribution < -0.4 is 5.32 Å². The molecule has 1 heterocycles. The van der Waals surface area contributed by atoms with Crippen LogP contribution in [0.2, 0.25) is 0 Å². The summed E-state index contributed by atoms with van der Waals surface area (Å²) in [5, 5.41) is 12.2. The fourth-order valence-corrected chi connectivity index (χ4v) is 1.61. The number of nitrogens with one attached hydrogen (secondary N) is 1. The van der Waals surface area contributed by atoms with Crippen LogP contribution in [-0.2, 0) is 4.79 Å². The summed E-state index contributed by atoms with van der Waals surface area (Å²) in [6, 6.07) is 3.65. The van der Waals surface area contributed by atoms with Crippen molar-refractivity contribution in [3.8, 4) is 0 Å². The summed E-state index contributed by atoms with van der Waals surface area (Å²) in [7, 11) is 0. The van der Waals surface area contributed by atoms with Crippen molar-refractivity contribution in [2.75, 3.05) is 6.54 Å². The number of carbonyl (C=O) groups is 1. The fourth-order valence-electron chi connectivity index (χ4n) is 1.61. The number of furan rings is 1. The third-order valence-electron chi connectivity index (χ3n) is 2.81. The van der Waals surface area contributed by atoms with Gasteiger partial charge in [-0.1, -0.05) is 0 Å². The minimum atomic E-state index is -0.404. The standard InChI is InChI=1S/C13H17NO3/c1-9-2-5-11(17-9)6-7-13(16)14-8-12(15)10-3-4-10/h2,5-7,10,12,15H,3-4,8H2,1H3,(H,14,16)/b7-6+. The van der Waals surface area contributed by atoms with Crippen LogP contribution in [0.5, 0.6) is 0 Å². The van der Waals surface area contributed by atoms with Crippen LogP contribution >= 0.6 is 0 Å². The van der Waals surface area contributed by atoms with Gasteiger partial charge in [0, 0.05) is 12.6 Å². The van der Waals surface area contributed by atoms with E-state index in [4.69, 9.17) is 4.42 Å². The van der Waals surface area contributed by atoms with Crippen molar-refractivity contribution in [2.24, 2.45) is 5.92 Å². The number of hydrogen-bond donors (Lipinski definition) is 2. The number of aliphatic hydroxyl groups is 1. The van der Waals surface area contributed by atoms with Gasteiger partial charge in [0.1, 0.15) is 11.5 Å². The second kappa shape index (κ2) is 5.19. The van der Waals surface area contributed by atoms with Crippen molar-refractivity contribution in [3.05, 3.63) is 29.7 Å². The van der Waals surface area contributed by atoms with Gasteiger partial charge in [0.15, 0.2) is 0 Å². The second-order valence-electron chi connectivity index (χ2n) is 4.43. The van der Waals surface area contributed by atoms with Gasteiger partial charge in [-0.05, 0) is 43.9 Å². The zero-order valence-corrected chi connectivity index (χ0v) is 9.85. The Hall–Kier alpha value is -1.55. The van der Waals surface area contributed by atoms with Crippen molar-refractivity contribution >= 4 is 12.0 Å². The Morgan fingerprint density at radius 1 is 1.65 bits per heavy atom. The molecule has 1 atom stereocenters. The summed E-state index contributed by atoms with van der Waals surface area (Å²) in [6.45, 7) is 2.18. The molecule has 0 aromatic carbocycles. The highest BCUT2D eigenvalue weighted by Gasteiger charge is 2.29.